The zero-order valence-electron chi connectivity index (χ0n) is 10.7. The number of anilines is 1. The lowest BCUT2D eigenvalue weighted by Crippen LogP contribution is -2.20. The van der Waals surface area contributed by atoms with Crippen LogP contribution in [0.5, 0.6) is 0 Å². The average Bonchev–Trinajstić information content (AvgIpc) is 2.46. The van der Waals surface area contributed by atoms with Crippen molar-refractivity contribution in [3.05, 3.63) is 59.9 Å². The molecule has 2 rings (SSSR count). The third-order valence-electron chi connectivity index (χ3n) is 3.05. The van der Waals surface area contributed by atoms with Gasteiger partial charge in [-0.2, -0.15) is 0 Å². The van der Waals surface area contributed by atoms with Crippen LogP contribution in [0.1, 0.15) is 11.1 Å². The van der Waals surface area contributed by atoms with Gasteiger partial charge >= 0.3 is 0 Å². The topological polar surface area (TPSA) is 42.2 Å². The first-order valence-electron chi connectivity index (χ1n) is 6.18. The van der Waals surface area contributed by atoms with E-state index >= 15 is 0 Å². The quantitative estimate of drug-likeness (QED) is 0.872. The monoisotopic (exact) mass is 241 g/mol. The van der Waals surface area contributed by atoms with Crippen LogP contribution in [0.2, 0.25) is 0 Å². The Kier molecular flexibility index (Phi) is 4.31. The predicted molar refractivity (Wildman–Crippen MR) is 75.5 cm³/mol. The summed E-state index contributed by atoms with van der Waals surface area (Å²) in [4.78, 5) is 6.37. The molecule has 0 aliphatic carbocycles. The minimum absolute atomic E-state index is 0.588. The molecule has 1 aromatic heterocycles. The molecule has 1 heterocycles. The molecule has 2 N–H and O–H groups in total. The Balaban J connectivity index is 1.97. The van der Waals surface area contributed by atoms with E-state index in [1.54, 1.807) is 6.20 Å². The summed E-state index contributed by atoms with van der Waals surface area (Å²) in [7, 11) is 2.10. The van der Waals surface area contributed by atoms with Crippen LogP contribution in [-0.4, -0.2) is 18.6 Å². The Morgan fingerprint density at radius 1 is 1.17 bits per heavy atom. The highest BCUT2D eigenvalue weighted by Crippen LogP contribution is 2.15. The van der Waals surface area contributed by atoms with Gasteiger partial charge in [-0.15, -0.1) is 0 Å². The maximum absolute atomic E-state index is 5.66. The highest BCUT2D eigenvalue weighted by molar-refractivity contribution is 5.48. The SMILES string of the molecule is CN(CCc1cccnc1)c1cccc(CN)c1. The highest BCUT2D eigenvalue weighted by Gasteiger charge is 2.02. The van der Waals surface area contributed by atoms with Gasteiger partial charge in [0.25, 0.3) is 0 Å². The van der Waals surface area contributed by atoms with Crippen molar-refractivity contribution in [2.24, 2.45) is 5.73 Å². The van der Waals surface area contributed by atoms with Crippen molar-refractivity contribution in [2.45, 2.75) is 13.0 Å². The average molecular weight is 241 g/mol. The van der Waals surface area contributed by atoms with Crippen molar-refractivity contribution in [2.75, 3.05) is 18.5 Å². The third-order valence-corrected chi connectivity index (χ3v) is 3.05. The van der Waals surface area contributed by atoms with E-state index < -0.39 is 0 Å². The van der Waals surface area contributed by atoms with Crippen LogP contribution in [0.25, 0.3) is 0 Å². The van der Waals surface area contributed by atoms with E-state index in [1.807, 2.05) is 12.3 Å². The van der Waals surface area contributed by atoms with Crippen LogP contribution in [-0.2, 0) is 13.0 Å². The van der Waals surface area contributed by atoms with Gasteiger partial charge in [-0.25, -0.2) is 0 Å². The van der Waals surface area contributed by atoms with Gasteiger partial charge in [-0.1, -0.05) is 18.2 Å². The maximum atomic E-state index is 5.66. The van der Waals surface area contributed by atoms with E-state index in [4.69, 9.17) is 5.73 Å². The first-order valence-corrected chi connectivity index (χ1v) is 6.18. The first kappa shape index (κ1) is 12.6. The molecule has 0 fully saturated rings. The first-order chi connectivity index (χ1) is 8.79. The highest BCUT2D eigenvalue weighted by atomic mass is 15.1. The van der Waals surface area contributed by atoms with E-state index in [9.17, 15) is 0 Å². The molecule has 0 atom stereocenters. The molecule has 18 heavy (non-hydrogen) atoms. The zero-order chi connectivity index (χ0) is 12.8. The Morgan fingerprint density at radius 3 is 2.72 bits per heavy atom. The van der Waals surface area contributed by atoms with Crippen LogP contribution in [0, 0.1) is 0 Å². The zero-order valence-corrected chi connectivity index (χ0v) is 10.7. The second-order valence-electron chi connectivity index (χ2n) is 4.41. The van der Waals surface area contributed by atoms with Gasteiger partial charge < -0.3 is 10.6 Å². The van der Waals surface area contributed by atoms with E-state index in [0.29, 0.717) is 6.54 Å². The van der Waals surface area contributed by atoms with E-state index in [0.717, 1.165) is 13.0 Å². The van der Waals surface area contributed by atoms with Gasteiger partial charge in [0, 0.05) is 38.2 Å². The van der Waals surface area contributed by atoms with Crippen LogP contribution in [0.3, 0.4) is 0 Å². The third kappa shape index (κ3) is 3.31. The van der Waals surface area contributed by atoms with Gasteiger partial charge in [0.2, 0.25) is 0 Å². The maximum Gasteiger partial charge on any atom is 0.0366 e. The molecule has 0 aliphatic rings. The van der Waals surface area contributed by atoms with Crippen molar-refractivity contribution in [1.82, 2.24) is 4.98 Å². The summed E-state index contributed by atoms with van der Waals surface area (Å²) in [5.74, 6) is 0. The number of pyridine rings is 1. The summed E-state index contributed by atoms with van der Waals surface area (Å²) in [5.41, 5.74) is 9.30. The number of nitrogens with two attached hydrogens (primary N) is 1. The van der Waals surface area contributed by atoms with E-state index in [-0.39, 0.29) is 0 Å². The van der Waals surface area contributed by atoms with Crippen molar-refractivity contribution < 1.29 is 0 Å². The minimum Gasteiger partial charge on any atom is -0.374 e. The molecule has 3 nitrogen and oxygen atoms in total. The fourth-order valence-corrected chi connectivity index (χ4v) is 1.89. The number of benzene rings is 1. The molecule has 0 saturated carbocycles. The standard InChI is InChI=1S/C15H19N3/c1-18(9-7-13-5-3-8-17-12-13)15-6-2-4-14(10-15)11-16/h2-6,8,10,12H,7,9,11,16H2,1H3. The Bertz CT molecular complexity index is 482. The molecular formula is C15H19N3. The molecule has 0 aliphatic heterocycles. The molecule has 0 unspecified atom stereocenters. The van der Waals surface area contributed by atoms with Crippen molar-refractivity contribution in [3.63, 3.8) is 0 Å². The summed E-state index contributed by atoms with van der Waals surface area (Å²) >= 11 is 0. The van der Waals surface area contributed by atoms with Crippen molar-refractivity contribution >= 4 is 5.69 Å². The number of hydrogen-bond acceptors (Lipinski definition) is 3. The number of hydrogen-bond donors (Lipinski definition) is 1. The van der Waals surface area contributed by atoms with E-state index in [1.165, 1.54) is 16.8 Å². The van der Waals surface area contributed by atoms with Crippen LogP contribution >= 0.6 is 0 Å². The van der Waals surface area contributed by atoms with Crippen LogP contribution in [0.15, 0.2) is 48.8 Å². The number of likely N-dealkylation sites (N-methyl/N-ethyl adjacent to an activating group) is 1. The van der Waals surface area contributed by atoms with Gasteiger partial charge in [0.15, 0.2) is 0 Å². The van der Waals surface area contributed by atoms with Crippen molar-refractivity contribution in [1.29, 1.82) is 0 Å². The normalized spacial score (nSPS) is 10.3. The lowest BCUT2D eigenvalue weighted by molar-refractivity contribution is 0.870. The van der Waals surface area contributed by atoms with E-state index in [2.05, 4.69) is 47.3 Å². The second kappa shape index (κ2) is 6.17. The number of nitrogens with zero attached hydrogens (tertiary/aromatic N) is 2. The van der Waals surface area contributed by atoms with Gasteiger partial charge in [0.1, 0.15) is 0 Å². The molecule has 94 valence electrons. The fraction of sp³-hybridized carbons (Fsp3) is 0.267. The van der Waals surface area contributed by atoms with Gasteiger partial charge in [-0.3, -0.25) is 4.98 Å². The largest absolute Gasteiger partial charge is 0.374 e. The molecular weight excluding hydrogens is 222 g/mol. The Labute approximate surface area is 108 Å². The molecule has 2 aromatic rings. The fourth-order valence-electron chi connectivity index (χ4n) is 1.89. The molecule has 0 bridgehead atoms. The summed E-state index contributed by atoms with van der Waals surface area (Å²) in [6, 6.07) is 12.4. The lowest BCUT2D eigenvalue weighted by Gasteiger charge is -2.19. The smallest absolute Gasteiger partial charge is 0.0366 e. The number of aromatic nitrogens is 1. The van der Waals surface area contributed by atoms with Crippen molar-refractivity contribution in [3.8, 4) is 0 Å². The van der Waals surface area contributed by atoms with Gasteiger partial charge in [-0.05, 0) is 35.7 Å². The Hall–Kier alpha value is -1.87. The number of rotatable bonds is 5. The summed E-state index contributed by atoms with van der Waals surface area (Å²) in [6.45, 7) is 1.56. The molecule has 0 amide bonds. The van der Waals surface area contributed by atoms with Crippen LogP contribution < -0.4 is 10.6 Å². The van der Waals surface area contributed by atoms with Gasteiger partial charge in [0.05, 0.1) is 0 Å². The molecule has 0 spiro atoms. The summed E-state index contributed by atoms with van der Waals surface area (Å²) in [5, 5.41) is 0. The molecule has 1 aromatic carbocycles. The second-order valence-corrected chi connectivity index (χ2v) is 4.41. The predicted octanol–water partition coefficient (Wildman–Crippen LogP) is 2.22. The van der Waals surface area contributed by atoms with Crippen LogP contribution in [0.4, 0.5) is 5.69 Å². The molecule has 0 radical (unpaired) electrons. The molecule has 0 saturated heterocycles. The summed E-state index contributed by atoms with van der Waals surface area (Å²) in [6.07, 6.45) is 4.72. The summed E-state index contributed by atoms with van der Waals surface area (Å²) < 4.78 is 0. The molecule has 3 heteroatoms. The lowest BCUT2D eigenvalue weighted by atomic mass is 10.1. The minimum atomic E-state index is 0.588. The Morgan fingerprint density at radius 2 is 2.00 bits per heavy atom.